The fraction of sp³-hybridized carbons (Fsp3) is 0.286. The highest BCUT2D eigenvalue weighted by atomic mass is 35.5. The van der Waals surface area contributed by atoms with Crippen LogP contribution < -0.4 is 14.8 Å². The molecule has 0 saturated heterocycles. The largest absolute Gasteiger partial charge is 0.483 e. The molecule has 0 amide bonds. The van der Waals surface area contributed by atoms with Crippen molar-refractivity contribution in [3.05, 3.63) is 101 Å². The zero-order valence-electron chi connectivity index (χ0n) is 19.9. The second kappa shape index (κ2) is 10.8. The van der Waals surface area contributed by atoms with Gasteiger partial charge < -0.3 is 9.47 Å². The van der Waals surface area contributed by atoms with Crippen LogP contribution in [-0.2, 0) is 12.6 Å². The molecule has 1 aliphatic rings. The van der Waals surface area contributed by atoms with Crippen LogP contribution in [0, 0.1) is 0 Å². The third-order valence-corrected chi connectivity index (χ3v) is 5.63. The van der Waals surface area contributed by atoms with Gasteiger partial charge in [-0.2, -0.15) is 13.2 Å². The summed E-state index contributed by atoms with van der Waals surface area (Å²) in [5.74, 6) is 1.29. The Labute approximate surface area is 210 Å². The maximum atomic E-state index is 13.0. The van der Waals surface area contributed by atoms with Crippen LogP contribution in [0.4, 0.5) is 13.2 Å². The first-order valence-corrected chi connectivity index (χ1v) is 11.3. The smallest absolute Gasteiger partial charge is 0.416 e. The average Bonchev–Trinajstić information content (AvgIpc) is 2.78. The van der Waals surface area contributed by atoms with E-state index in [4.69, 9.17) is 9.47 Å². The van der Waals surface area contributed by atoms with Crippen molar-refractivity contribution in [2.75, 3.05) is 6.54 Å². The number of rotatable bonds is 7. The minimum absolute atomic E-state index is 0. The molecular formula is C28H29ClF3NO2. The van der Waals surface area contributed by atoms with Crippen molar-refractivity contribution in [2.45, 2.75) is 45.2 Å². The lowest BCUT2D eigenvalue weighted by atomic mass is 9.89. The Morgan fingerprint density at radius 3 is 2.31 bits per heavy atom. The molecule has 3 aromatic carbocycles. The van der Waals surface area contributed by atoms with E-state index in [1.165, 1.54) is 17.7 Å². The molecule has 1 atom stereocenters. The Kier molecular flexibility index (Phi) is 8.18. The SMILES string of the molecule is CC(NCCc1ccccc1)Oc1ccc2c(c1)OC(C)(C)C=C2c1ccc(C(F)(F)F)cc1.Cl. The maximum absolute atomic E-state index is 13.0. The summed E-state index contributed by atoms with van der Waals surface area (Å²) in [6.07, 6.45) is -1.73. The van der Waals surface area contributed by atoms with Gasteiger partial charge in [-0.3, -0.25) is 5.32 Å². The van der Waals surface area contributed by atoms with Crippen molar-refractivity contribution in [3.63, 3.8) is 0 Å². The van der Waals surface area contributed by atoms with Gasteiger partial charge in [0.25, 0.3) is 0 Å². The van der Waals surface area contributed by atoms with Crippen molar-refractivity contribution < 1.29 is 22.6 Å². The summed E-state index contributed by atoms with van der Waals surface area (Å²) < 4.78 is 51.1. The van der Waals surface area contributed by atoms with Crippen LogP contribution in [0.25, 0.3) is 5.57 Å². The maximum Gasteiger partial charge on any atom is 0.416 e. The van der Waals surface area contributed by atoms with Crippen molar-refractivity contribution in [1.82, 2.24) is 5.32 Å². The summed E-state index contributed by atoms with van der Waals surface area (Å²) in [6, 6.07) is 21.0. The molecule has 3 nitrogen and oxygen atoms in total. The van der Waals surface area contributed by atoms with Gasteiger partial charge in [-0.15, -0.1) is 12.4 Å². The second-order valence-electron chi connectivity index (χ2n) is 8.95. The van der Waals surface area contributed by atoms with E-state index in [-0.39, 0.29) is 18.6 Å². The highest BCUT2D eigenvalue weighted by Crippen LogP contribution is 2.42. The lowest BCUT2D eigenvalue weighted by molar-refractivity contribution is -0.137. The first-order chi connectivity index (χ1) is 16.1. The Hall–Kier alpha value is -2.96. The highest BCUT2D eigenvalue weighted by molar-refractivity contribution is 5.85. The van der Waals surface area contributed by atoms with E-state index in [1.54, 1.807) is 0 Å². The zero-order chi connectivity index (χ0) is 24.3. The van der Waals surface area contributed by atoms with E-state index in [2.05, 4.69) is 17.4 Å². The minimum atomic E-state index is -4.36. The van der Waals surface area contributed by atoms with Gasteiger partial charge in [-0.05, 0) is 74.2 Å². The summed E-state index contributed by atoms with van der Waals surface area (Å²) in [4.78, 5) is 0. The molecule has 1 N–H and O–H groups in total. The lowest BCUT2D eigenvalue weighted by Crippen LogP contribution is -2.33. The monoisotopic (exact) mass is 503 g/mol. The molecule has 0 spiro atoms. The third kappa shape index (κ3) is 6.80. The molecule has 7 heteroatoms. The molecule has 3 aromatic rings. The summed E-state index contributed by atoms with van der Waals surface area (Å²) >= 11 is 0. The van der Waals surface area contributed by atoms with Crippen molar-refractivity contribution in [2.24, 2.45) is 0 Å². The van der Waals surface area contributed by atoms with E-state index < -0.39 is 17.3 Å². The molecule has 0 aromatic heterocycles. The molecule has 1 unspecified atom stereocenters. The molecule has 0 fully saturated rings. The van der Waals surface area contributed by atoms with Crippen LogP contribution in [0.1, 0.15) is 43.0 Å². The number of fused-ring (bicyclic) bond motifs is 1. The number of hydrogen-bond acceptors (Lipinski definition) is 3. The second-order valence-corrected chi connectivity index (χ2v) is 8.95. The molecule has 1 aliphatic heterocycles. The van der Waals surface area contributed by atoms with Gasteiger partial charge >= 0.3 is 6.18 Å². The molecular weight excluding hydrogens is 475 g/mol. The van der Waals surface area contributed by atoms with Crippen LogP contribution in [0.2, 0.25) is 0 Å². The molecule has 1 heterocycles. The van der Waals surface area contributed by atoms with Crippen LogP contribution in [0.3, 0.4) is 0 Å². The van der Waals surface area contributed by atoms with Gasteiger partial charge in [0.05, 0.1) is 5.56 Å². The lowest BCUT2D eigenvalue weighted by Gasteiger charge is -2.32. The Morgan fingerprint density at radius 2 is 1.66 bits per heavy atom. The van der Waals surface area contributed by atoms with Crippen molar-refractivity contribution in [1.29, 1.82) is 0 Å². The predicted molar refractivity (Wildman–Crippen MR) is 135 cm³/mol. The zero-order valence-corrected chi connectivity index (χ0v) is 20.7. The first-order valence-electron chi connectivity index (χ1n) is 11.3. The van der Waals surface area contributed by atoms with E-state index in [0.29, 0.717) is 17.1 Å². The summed E-state index contributed by atoms with van der Waals surface area (Å²) in [5.41, 5.74) is 2.32. The van der Waals surface area contributed by atoms with Crippen molar-refractivity contribution >= 4 is 18.0 Å². The van der Waals surface area contributed by atoms with Crippen molar-refractivity contribution in [3.8, 4) is 11.5 Å². The van der Waals surface area contributed by atoms with E-state index in [1.807, 2.05) is 63.2 Å². The Bertz CT molecular complexity index is 1160. The number of ether oxygens (including phenoxy) is 2. The Balaban J connectivity index is 0.00000342. The summed E-state index contributed by atoms with van der Waals surface area (Å²) in [7, 11) is 0. The molecule has 35 heavy (non-hydrogen) atoms. The van der Waals surface area contributed by atoms with Crippen LogP contribution in [0.15, 0.2) is 78.9 Å². The molecule has 0 aliphatic carbocycles. The van der Waals surface area contributed by atoms with Gasteiger partial charge in [0.15, 0.2) is 0 Å². The molecule has 0 saturated carbocycles. The molecule has 186 valence electrons. The van der Waals surface area contributed by atoms with Gasteiger partial charge in [0.2, 0.25) is 0 Å². The fourth-order valence-corrected chi connectivity index (χ4v) is 4.01. The molecule has 0 bridgehead atoms. The summed E-state index contributed by atoms with van der Waals surface area (Å²) in [6.45, 7) is 6.56. The van der Waals surface area contributed by atoms with Gasteiger partial charge in [-0.1, -0.05) is 42.5 Å². The third-order valence-electron chi connectivity index (χ3n) is 5.63. The van der Waals surface area contributed by atoms with Gasteiger partial charge in [0, 0.05) is 18.2 Å². The standard InChI is InChI=1S/C28H28F3NO2.ClH/c1-19(32-16-15-20-7-5-4-6-8-20)33-23-13-14-24-25(18-27(2,3)34-26(24)17-23)21-9-11-22(12-10-21)28(29,30)31;/h4-14,17-19,32H,15-16H2,1-3H3;1H. The number of nitrogens with one attached hydrogen (secondary N) is 1. The molecule has 4 rings (SSSR count). The van der Waals surface area contributed by atoms with E-state index in [9.17, 15) is 13.2 Å². The van der Waals surface area contributed by atoms with Crippen LogP contribution >= 0.6 is 12.4 Å². The fourth-order valence-electron chi connectivity index (χ4n) is 4.01. The van der Waals surface area contributed by atoms with Crippen LogP contribution in [0.5, 0.6) is 11.5 Å². The van der Waals surface area contributed by atoms with E-state index in [0.717, 1.165) is 36.2 Å². The van der Waals surface area contributed by atoms with Crippen LogP contribution in [-0.4, -0.2) is 18.4 Å². The number of hydrogen-bond donors (Lipinski definition) is 1. The topological polar surface area (TPSA) is 30.5 Å². The predicted octanol–water partition coefficient (Wildman–Crippen LogP) is 7.29. The number of benzene rings is 3. The first kappa shape index (κ1) is 26.6. The molecule has 0 radical (unpaired) electrons. The van der Waals surface area contributed by atoms with Gasteiger partial charge in [-0.25, -0.2) is 0 Å². The quantitative estimate of drug-likeness (QED) is 0.343. The summed E-state index contributed by atoms with van der Waals surface area (Å²) in [5, 5.41) is 3.36. The normalized spacial score (nSPS) is 15.2. The Morgan fingerprint density at radius 1 is 0.971 bits per heavy atom. The van der Waals surface area contributed by atoms with Gasteiger partial charge in [0.1, 0.15) is 23.3 Å². The number of halogens is 4. The number of alkyl halides is 3. The highest BCUT2D eigenvalue weighted by Gasteiger charge is 2.31. The van der Waals surface area contributed by atoms with E-state index >= 15 is 0 Å². The average molecular weight is 504 g/mol. The minimum Gasteiger partial charge on any atom is -0.483 e.